The third kappa shape index (κ3) is 5.18. The van der Waals surface area contributed by atoms with Gasteiger partial charge in [0.15, 0.2) is 11.0 Å². The molecule has 10 heteroatoms. The van der Waals surface area contributed by atoms with Crippen molar-refractivity contribution in [2.45, 2.75) is 31.0 Å². The fourth-order valence-electron chi connectivity index (χ4n) is 3.85. The van der Waals surface area contributed by atoms with Crippen LogP contribution in [0.2, 0.25) is 10.0 Å². The van der Waals surface area contributed by atoms with Crippen molar-refractivity contribution in [2.24, 2.45) is 7.05 Å². The average Bonchev–Trinajstić information content (AvgIpc) is 3.41. The highest BCUT2D eigenvalue weighted by Crippen LogP contribution is 2.34. The van der Waals surface area contributed by atoms with E-state index in [-0.39, 0.29) is 23.6 Å². The average molecular weight is 504 g/mol. The Labute approximate surface area is 206 Å². The number of carbonyl (C=O) groups is 2. The topological polar surface area (TPSA) is 80.1 Å². The highest BCUT2D eigenvalue weighted by atomic mass is 35.5. The van der Waals surface area contributed by atoms with Crippen LogP contribution in [0.15, 0.2) is 47.6 Å². The lowest BCUT2D eigenvalue weighted by Crippen LogP contribution is -2.32. The molecule has 2 heterocycles. The Kier molecular flexibility index (Phi) is 7.26. The normalized spacial score (nSPS) is 15.6. The highest BCUT2D eigenvalue weighted by molar-refractivity contribution is 7.99. The molecule has 1 aromatic heterocycles. The SMILES string of the molecule is Cc1ccc(Cl)cc1NC(=O)CSc1nnc(C2CCCN2C(=O)c2ccccc2Cl)n1C. The van der Waals surface area contributed by atoms with Gasteiger partial charge in [-0.2, -0.15) is 0 Å². The van der Waals surface area contributed by atoms with E-state index in [0.29, 0.717) is 38.8 Å². The molecule has 172 valence electrons. The molecule has 1 unspecified atom stereocenters. The van der Waals surface area contributed by atoms with Gasteiger partial charge < -0.3 is 14.8 Å². The fraction of sp³-hybridized carbons (Fsp3) is 0.304. The minimum Gasteiger partial charge on any atom is -0.328 e. The highest BCUT2D eigenvalue weighted by Gasteiger charge is 2.34. The summed E-state index contributed by atoms with van der Waals surface area (Å²) in [5.74, 6) is 0.592. The van der Waals surface area contributed by atoms with Crippen LogP contribution < -0.4 is 5.32 Å². The van der Waals surface area contributed by atoms with Crippen LogP contribution in [0.25, 0.3) is 0 Å². The molecule has 1 aliphatic rings. The van der Waals surface area contributed by atoms with Crippen LogP contribution >= 0.6 is 35.0 Å². The van der Waals surface area contributed by atoms with E-state index in [2.05, 4.69) is 15.5 Å². The van der Waals surface area contributed by atoms with Crippen LogP contribution in [0.5, 0.6) is 0 Å². The number of nitrogens with one attached hydrogen (secondary N) is 1. The fourth-order valence-corrected chi connectivity index (χ4v) is 4.96. The molecule has 3 aromatic rings. The molecule has 0 saturated carbocycles. The van der Waals surface area contributed by atoms with Crippen LogP contribution in [-0.4, -0.2) is 43.8 Å². The zero-order valence-corrected chi connectivity index (χ0v) is 20.5. The number of likely N-dealkylation sites (tertiary alicyclic amines) is 1. The molecule has 7 nitrogen and oxygen atoms in total. The van der Waals surface area contributed by atoms with Crippen LogP contribution in [0.4, 0.5) is 5.69 Å². The van der Waals surface area contributed by atoms with Gasteiger partial charge in [-0.05, 0) is 49.6 Å². The largest absolute Gasteiger partial charge is 0.328 e. The van der Waals surface area contributed by atoms with Crippen molar-refractivity contribution in [3.05, 3.63) is 69.5 Å². The van der Waals surface area contributed by atoms with Crippen molar-refractivity contribution in [1.82, 2.24) is 19.7 Å². The third-order valence-corrected chi connectivity index (χ3v) is 7.18. The number of rotatable bonds is 6. The first-order chi connectivity index (χ1) is 15.8. The monoisotopic (exact) mass is 503 g/mol. The lowest BCUT2D eigenvalue weighted by atomic mass is 10.1. The Hall–Kier alpha value is -2.55. The van der Waals surface area contributed by atoms with Crippen LogP contribution in [0.1, 0.15) is 40.6 Å². The maximum atomic E-state index is 13.1. The maximum Gasteiger partial charge on any atom is 0.255 e. The summed E-state index contributed by atoms with van der Waals surface area (Å²) < 4.78 is 1.85. The van der Waals surface area contributed by atoms with E-state index in [9.17, 15) is 9.59 Å². The standard InChI is InChI=1S/C23H23Cl2N5O2S/c1-14-9-10-15(24)12-18(14)26-20(31)13-33-23-28-27-21(29(23)2)19-8-5-11-30(19)22(32)16-6-3-4-7-17(16)25/h3-4,6-7,9-10,12,19H,5,8,11,13H2,1-2H3,(H,26,31). The van der Waals surface area contributed by atoms with Gasteiger partial charge in [0.25, 0.3) is 5.91 Å². The van der Waals surface area contributed by atoms with Crippen molar-refractivity contribution in [3.63, 3.8) is 0 Å². The Morgan fingerprint density at radius 2 is 1.97 bits per heavy atom. The van der Waals surface area contributed by atoms with E-state index in [1.165, 1.54) is 11.8 Å². The number of thioether (sulfide) groups is 1. The second kappa shape index (κ2) is 10.2. The molecule has 2 amide bonds. The van der Waals surface area contributed by atoms with Gasteiger partial charge in [0.05, 0.1) is 22.4 Å². The van der Waals surface area contributed by atoms with Crippen molar-refractivity contribution in [1.29, 1.82) is 0 Å². The number of anilines is 1. The van der Waals surface area contributed by atoms with E-state index in [4.69, 9.17) is 23.2 Å². The van der Waals surface area contributed by atoms with Crippen LogP contribution in [0, 0.1) is 6.92 Å². The molecule has 1 aliphatic heterocycles. The smallest absolute Gasteiger partial charge is 0.255 e. The van der Waals surface area contributed by atoms with Gasteiger partial charge >= 0.3 is 0 Å². The predicted octanol–water partition coefficient (Wildman–Crippen LogP) is 5.14. The summed E-state index contributed by atoms with van der Waals surface area (Å²) in [5.41, 5.74) is 2.10. The molecule has 33 heavy (non-hydrogen) atoms. The number of nitrogens with zero attached hydrogens (tertiary/aromatic N) is 4. The Balaban J connectivity index is 1.44. The van der Waals surface area contributed by atoms with Crippen LogP contribution in [-0.2, 0) is 11.8 Å². The molecule has 1 fully saturated rings. The van der Waals surface area contributed by atoms with E-state index in [0.717, 1.165) is 18.4 Å². The van der Waals surface area contributed by atoms with Crippen LogP contribution in [0.3, 0.4) is 0 Å². The molecular weight excluding hydrogens is 481 g/mol. The summed E-state index contributed by atoms with van der Waals surface area (Å²) in [6.45, 7) is 2.54. The molecule has 0 radical (unpaired) electrons. The lowest BCUT2D eigenvalue weighted by Gasteiger charge is -2.24. The summed E-state index contributed by atoms with van der Waals surface area (Å²) in [7, 11) is 1.85. The first kappa shape index (κ1) is 23.6. The van der Waals surface area contributed by atoms with E-state index in [1.54, 1.807) is 41.3 Å². The summed E-state index contributed by atoms with van der Waals surface area (Å²) >= 11 is 13.6. The molecule has 0 aliphatic carbocycles. The minimum absolute atomic E-state index is 0.114. The molecular formula is C23H23Cl2N5O2S. The number of hydrogen-bond donors (Lipinski definition) is 1. The number of aryl methyl sites for hydroxylation is 1. The number of carbonyl (C=O) groups excluding carboxylic acids is 2. The first-order valence-electron chi connectivity index (χ1n) is 10.5. The summed E-state index contributed by atoms with van der Waals surface area (Å²) in [6, 6.07) is 12.2. The second-order valence-electron chi connectivity index (χ2n) is 7.83. The lowest BCUT2D eigenvalue weighted by molar-refractivity contribution is -0.113. The Morgan fingerprint density at radius 3 is 2.76 bits per heavy atom. The molecule has 1 saturated heterocycles. The van der Waals surface area contributed by atoms with E-state index < -0.39 is 0 Å². The van der Waals surface area contributed by atoms with Crippen molar-refractivity contribution < 1.29 is 9.59 Å². The summed E-state index contributed by atoms with van der Waals surface area (Å²) in [5, 5.41) is 13.1. The molecule has 2 aromatic carbocycles. The van der Waals surface area contributed by atoms with Gasteiger partial charge in [0, 0.05) is 24.3 Å². The summed E-state index contributed by atoms with van der Waals surface area (Å²) in [4.78, 5) is 27.4. The third-order valence-electron chi connectivity index (χ3n) is 5.59. The Morgan fingerprint density at radius 1 is 1.18 bits per heavy atom. The van der Waals surface area contributed by atoms with Gasteiger partial charge in [-0.3, -0.25) is 9.59 Å². The molecule has 0 spiro atoms. The van der Waals surface area contributed by atoms with Gasteiger partial charge in [0.1, 0.15) is 0 Å². The van der Waals surface area contributed by atoms with Gasteiger partial charge in [-0.1, -0.05) is 53.2 Å². The zero-order chi connectivity index (χ0) is 23.5. The molecule has 4 rings (SSSR count). The number of aromatic nitrogens is 3. The van der Waals surface area contributed by atoms with E-state index in [1.807, 2.05) is 24.6 Å². The van der Waals surface area contributed by atoms with Crippen molar-refractivity contribution in [2.75, 3.05) is 17.6 Å². The van der Waals surface area contributed by atoms with Gasteiger partial charge in [-0.25, -0.2) is 0 Å². The van der Waals surface area contributed by atoms with Gasteiger partial charge in [-0.15, -0.1) is 10.2 Å². The molecule has 1 atom stereocenters. The number of hydrogen-bond acceptors (Lipinski definition) is 5. The molecule has 0 bridgehead atoms. The van der Waals surface area contributed by atoms with Crippen molar-refractivity contribution in [3.8, 4) is 0 Å². The minimum atomic E-state index is -0.191. The van der Waals surface area contributed by atoms with E-state index >= 15 is 0 Å². The van der Waals surface area contributed by atoms with Crippen molar-refractivity contribution >= 4 is 52.5 Å². The quantitative estimate of drug-likeness (QED) is 0.471. The number of benzene rings is 2. The zero-order valence-electron chi connectivity index (χ0n) is 18.2. The molecule has 1 N–H and O–H groups in total. The summed E-state index contributed by atoms with van der Waals surface area (Å²) in [6.07, 6.45) is 1.67. The maximum absolute atomic E-state index is 13.1. The van der Waals surface area contributed by atoms with Gasteiger partial charge in [0.2, 0.25) is 5.91 Å². The number of halogens is 2. The number of amides is 2. The Bertz CT molecular complexity index is 1200. The predicted molar refractivity (Wildman–Crippen MR) is 131 cm³/mol. The first-order valence-corrected chi connectivity index (χ1v) is 12.2. The second-order valence-corrected chi connectivity index (χ2v) is 9.62.